The van der Waals surface area contributed by atoms with E-state index in [2.05, 4.69) is 16.4 Å². The Labute approximate surface area is 149 Å². The minimum atomic E-state index is -0.0543. The summed E-state index contributed by atoms with van der Waals surface area (Å²) in [6.07, 6.45) is 7.36. The summed E-state index contributed by atoms with van der Waals surface area (Å²) in [4.78, 5) is 27.3. The summed E-state index contributed by atoms with van der Waals surface area (Å²) in [5.74, 6) is 0.844. The molecular formula is C21H28N2O2. The van der Waals surface area contributed by atoms with E-state index >= 15 is 0 Å². The molecule has 1 aromatic carbocycles. The Morgan fingerprint density at radius 3 is 2.76 bits per heavy atom. The minimum absolute atomic E-state index is 0.0543. The number of pyridine rings is 1. The van der Waals surface area contributed by atoms with Crippen LogP contribution in [-0.4, -0.2) is 17.4 Å². The number of fused-ring (bicyclic) bond motifs is 1. The predicted molar refractivity (Wildman–Crippen MR) is 102 cm³/mol. The van der Waals surface area contributed by atoms with Gasteiger partial charge in [-0.1, -0.05) is 37.8 Å². The van der Waals surface area contributed by atoms with Crippen LogP contribution in [0.2, 0.25) is 0 Å². The molecule has 1 heterocycles. The molecule has 0 aliphatic heterocycles. The van der Waals surface area contributed by atoms with Crippen molar-refractivity contribution in [1.82, 2.24) is 10.3 Å². The second-order valence-electron chi connectivity index (χ2n) is 7.38. The Morgan fingerprint density at radius 1 is 1.24 bits per heavy atom. The molecule has 3 rings (SSSR count). The fraction of sp³-hybridized carbons (Fsp3) is 0.524. The first-order chi connectivity index (χ1) is 12.0. The highest BCUT2D eigenvalue weighted by Gasteiger charge is 2.16. The number of rotatable bonds is 6. The molecule has 0 bridgehead atoms. The van der Waals surface area contributed by atoms with Gasteiger partial charge in [0.1, 0.15) is 0 Å². The quantitative estimate of drug-likeness (QED) is 0.841. The number of nitrogens with one attached hydrogen (secondary N) is 2. The Balaban J connectivity index is 1.56. The van der Waals surface area contributed by atoms with Crippen molar-refractivity contribution >= 4 is 16.8 Å². The number of carbonyl (C=O) groups excluding carboxylic acids is 1. The van der Waals surface area contributed by atoms with Crippen LogP contribution in [0.15, 0.2) is 23.0 Å². The van der Waals surface area contributed by atoms with Crippen LogP contribution < -0.4 is 10.9 Å². The highest BCUT2D eigenvalue weighted by Crippen LogP contribution is 2.28. The molecule has 2 aromatic rings. The van der Waals surface area contributed by atoms with Gasteiger partial charge in [-0.2, -0.15) is 0 Å². The third-order valence-electron chi connectivity index (χ3n) is 5.60. The van der Waals surface area contributed by atoms with E-state index in [1.807, 2.05) is 26.0 Å². The van der Waals surface area contributed by atoms with Crippen LogP contribution >= 0.6 is 0 Å². The lowest BCUT2D eigenvalue weighted by atomic mass is 10.0. The van der Waals surface area contributed by atoms with E-state index in [1.165, 1.54) is 31.2 Å². The molecule has 1 saturated carbocycles. The zero-order valence-corrected chi connectivity index (χ0v) is 15.3. The van der Waals surface area contributed by atoms with Crippen molar-refractivity contribution in [3.63, 3.8) is 0 Å². The molecule has 25 heavy (non-hydrogen) atoms. The topological polar surface area (TPSA) is 62.0 Å². The largest absolute Gasteiger partial charge is 0.356 e. The number of amides is 1. The summed E-state index contributed by atoms with van der Waals surface area (Å²) < 4.78 is 0. The average molecular weight is 340 g/mol. The standard InChI is InChI=1S/C21H28N2O2/c1-14-7-9-17-13-18(21(25)23-20(17)15(14)2)11-12-22-19(24)10-8-16-5-3-4-6-16/h7,9,13,16H,3-6,8,10-12H2,1-2H3,(H,22,24)(H,23,25). The lowest BCUT2D eigenvalue weighted by Gasteiger charge is -2.10. The van der Waals surface area contributed by atoms with E-state index in [0.717, 1.165) is 34.4 Å². The minimum Gasteiger partial charge on any atom is -0.356 e. The smallest absolute Gasteiger partial charge is 0.251 e. The molecule has 4 heteroatoms. The Morgan fingerprint density at radius 2 is 2.00 bits per heavy atom. The number of aryl methyl sites for hydroxylation is 2. The maximum atomic E-state index is 12.3. The third-order valence-corrected chi connectivity index (χ3v) is 5.60. The SMILES string of the molecule is Cc1ccc2cc(CCNC(=O)CCC3CCCC3)c(=O)[nH]c2c1C. The van der Waals surface area contributed by atoms with E-state index in [9.17, 15) is 9.59 Å². The van der Waals surface area contributed by atoms with Gasteiger partial charge in [-0.15, -0.1) is 0 Å². The van der Waals surface area contributed by atoms with E-state index in [4.69, 9.17) is 0 Å². The average Bonchev–Trinajstić information content (AvgIpc) is 3.11. The van der Waals surface area contributed by atoms with Crippen LogP contribution in [0.1, 0.15) is 55.2 Å². The fourth-order valence-corrected chi connectivity index (χ4v) is 3.81. The molecule has 0 saturated heterocycles. The first-order valence-electron chi connectivity index (χ1n) is 9.43. The van der Waals surface area contributed by atoms with Gasteiger partial charge in [-0.3, -0.25) is 9.59 Å². The molecule has 4 nitrogen and oxygen atoms in total. The number of aromatic nitrogens is 1. The Bertz CT molecular complexity index is 816. The van der Waals surface area contributed by atoms with Gasteiger partial charge >= 0.3 is 0 Å². The van der Waals surface area contributed by atoms with Crippen molar-refractivity contribution in [2.24, 2.45) is 5.92 Å². The third kappa shape index (κ3) is 4.30. The lowest BCUT2D eigenvalue weighted by Crippen LogP contribution is -2.27. The van der Waals surface area contributed by atoms with E-state index in [1.54, 1.807) is 0 Å². The Kier molecular flexibility index (Phi) is 5.57. The van der Waals surface area contributed by atoms with Crippen LogP contribution in [0, 0.1) is 19.8 Å². The molecule has 0 radical (unpaired) electrons. The summed E-state index contributed by atoms with van der Waals surface area (Å²) >= 11 is 0. The summed E-state index contributed by atoms with van der Waals surface area (Å²) in [7, 11) is 0. The van der Waals surface area contributed by atoms with Crippen LogP contribution in [-0.2, 0) is 11.2 Å². The number of hydrogen-bond donors (Lipinski definition) is 2. The second-order valence-corrected chi connectivity index (χ2v) is 7.38. The van der Waals surface area contributed by atoms with Gasteiger partial charge in [0.25, 0.3) is 5.56 Å². The lowest BCUT2D eigenvalue weighted by molar-refractivity contribution is -0.121. The summed E-state index contributed by atoms with van der Waals surface area (Å²) in [6, 6.07) is 6.06. The van der Waals surface area contributed by atoms with Gasteiger partial charge in [-0.05, 0) is 55.2 Å². The van der Waals surface area contributed by atoms with Crippen LogP contribution in [0.25, 0.3) is 10.9 Å². The van der Waals surface area contributed by atoms with Crippen molar-refractivity contribution < 1.29 is 4.79 Å². The van der Waals surface area contributed by atoms with Crippen molar-refractivity contribution in [1.29, 1.82) is 0 Å². The van der Waals surface area contributed by atoms with Gasteiger partial charge in [-0.25, -0.2) is 0 Å². The molecule has 1 amide bonds. The summed E-state index contributed by atoms with van der Waals surface area (Å²) in [5, 5.41) is 4.01. The van der Waals surface area contributed by atoms with Crippen molar-refractivity contribution in [3.05, 3.63) is 45.2 Å². The first-order valence-corrected chi connectivity index (χ1v) is 9.43. The van der Waals surface area contributed by atoms with Gasteiger partial charge in [0.2, 0.25) is 5.91 Å². The van der Waals surface area contributed by atoms with Crippen molar-refractivity contribution in [2.75, 3.05) is 6.54 Å². The van der Waals surface area contributed by atoms with Crippen LogP contribution in [0.4, 0.5) is 0 Å². The number of carbonyl (C=O) groups is 1. The maximum Gasteiger partial charge on any atom is 0.251 e. The second kappa shape index (κ2) is 7.85. The van der Waals surface area contributed by atoms with Gasteiger partial charge in [0.05, 0.1) is 5.52 Å². The molecule has 1 fully saturated rings. The van der Waals surface area contributed by atoms with Gasteiger partial charge in [0.15, 0.2) is 0 Å². The van der Waals surface area contributed by atoms with Crippen molar-refractivity contribution in [3.8, 4) is 0 Å². The molecule has 1 aliphatic rings. The van der Waals surface area contributed by atoms with Gasteiger partial charge in [0, 0.05) is 18.5 Å². The molecule has 1 aliphatic carbocycles. The van der Waals surface area contributed by atoms with Gasteiger partial charge < -0.3 is 10.3 Å². The highest BCUT2D eigenvalue weighted by atomic mass is 16.1. The first kappa shape index (κ1) is 17.7. The predicted octanol–water partition coefficient (Wildman–Crippen LogP) is 3.77. The summed E-state index contributed by atoms with van der Waals surface area (Å²) in [6.45, 7) is 4.59. The molecule has 2 N–H and O–H groups in total. The molecule has 134 valence electrons. The van der Waals surface area contributed by atoms with Crippen molar-refractivity contribution in [2.45, 2.75) is 58.8 Å². The number of H-pyrrole nitrogens is 1. The summed E-state index contributed by atoms with van der Waals surface area (Å²) in [5.41, 5.74) is 3.87. The van der Waals surface area contributed by atoms with E-state index in [-0.39, 0.29) is 11.5 Å². The monoisotopic (exact) mass is 340 g/mol. The zero-order chi connectivity index (χ0) is 17.8. The number of hydrogen-bond acceptors (Lipinski definition) is 2. The number of benzene rings is 1. The fourth-order valence-electron chi connectivity index (χ4n) is 3.81. The zero-order valence-electron chi connectivity index (χ0n) is 15.3. The van der Waals surface area contributed by atoms with Crippen LogP contribution in [0.5, 0.6) is 0 Å². The maximum absolute atomic E-state index is 12.3. The van der Waals surface area contributed by atoms with E-state index in [0.29, 0.717) is 19.4 Å². The molecule has 0 unspecified atom stereocenters. The number of aromatic amines is 1. The molecule has 1 aromatic heterocycles. The Hall–Kier alpha value is -2.10. The molecule has 0 atom stereocenters. The normalized spacial score (nSPS) is 15.0. The highest BCUT2D eigenvalue weighted by molar-refractivity contribution is 5.83. The molecular weight excluding hydrogens is 312 g/mol. The van der Waals surface area contributed by atoms with E-state index < -0.39 is 0 Å². The van der Waals surface area contributed by atoms with Crippen LogP contribution in [0.3, 0.4) is 0 Å². The molecule has 0 spiro atoms.